The highest BCUT2D eigenvalue weighted by molar-refractivity contribution is 5.72. The Morgan fingerprint density at radius 1 is 0.265 bits per heavy atom. The molecule has 0 fully saturated rings. The average molecular weight is 1160 g/mol. The predicted octanol–water partition coefficient (Wildman–Crippen LogP) is 25.0. The van der Waals surface area contributed by atoms with E-state index < -0.39 is 12.1 Å². The van der Waals surface area contributed by atoms with E-state index in [0.717, 1.165) is 83.5 Å². The number of esters is 3. The first-order valence-electron chi connectivity index (χ1n) is 36.1. The minimum absolute atomic E-state index is 0.0969. The number of ether oxygens (including phenoxy) is 3. The lowest BCUT2D eigenvalue weighted by atomic mass is 10.0. The third kappa shape index (κ3) is 69.3. The zero-order valence-electron chi connectivity index (χ0n) is 55.2. The minimum atomic E-state index is -0.834. The van der Waals surface area contributed by atoms with Crippen molar-refractivity contribution in [2.24, 2.45) is 0 Å². The van der Waals surface area contributed by atoms with Crippen molar-refractivity contribution < 1.29 is 28.6 Å². The molecule has 0 spiro atoms. The van der Waals surface area contributed by atoms with Gasteiger partial charge >= 0.3 is 17.9 Å². The number of hydrogen-bond acceptors (Lipinski definition) is 6. The monoisotopic (exact) mass is 1160 g/mol. The lowest BCUT2D eigenvalue weighted by molar-refractivity contribution is -0.166. The van der Waals surface area contributed by atoms with Gasteiger partial charge < -0.3 is 14.2 Å². The van der Waals surface area contributed by atoms with Gasteiger partial charge in [0.1, 0.15) is 13.2 Å². The molecule has 83 heavy (non-hydrogen) atoms. The first kappa shape index (κ1) is 79.6. The Hall–Kier alpha value is -3.41. The van der Waals surface area contributed by atoms with E-state index in [0.29, 0.717) is 12.8 Å². The first-order chi connectivity index (χ1) is 41.0. The Balaban J connectivity index is 4.15. The van der Waals surface area contributed by atoms with Crippen molar-refractivity contribution in [1.29, 1.82) is 0 Å². The lowest BCUT2D eigenvalue weighted by Crippen LogP contribution is -2.30. The van der Waals surface area contributed by atoms with Gasteiger partial charge in [-0.3, -0.25) is 14.4 Å². The molecule has 0 rings (SSSR count). The van der Waals surface area contributed by atoms with Gasteiger partial charge in [0.25, 0.3) is 0 Å². The highest BCUT2D eigenvalue weighted by Gasteiger charge is 2.19. The fourth-order valence-corrected chi connectivity index (χ4v) is 10.5. The van der Waals surface area contributed by atoms with Gasteiger partial charge in [0.05, 0.1) is 6.42 Å². The summed E-state index contributed by atoms with van der Waals surface area (Å²) in [5, 5.41) is 0. The van der Waals surface area contributed by atoms with Crippen LogP contribution in [0.2, 0.25) is 0 Å². The minimum Gasteiger partial charge on any atom is -0.462 e. The van der Waals surface area contributed by atoms with Crippen LogP contribution in [0.4, 0.5) is 0 Å². The fourth-order valence-electron chi connectivity index (χ4n) is 10.5. The lowest BCUT2D eigenvalue weighted by Gasteiger charge is -2.18. The fraction of sp³-hybridized carbons (Fsp3) is 0.779. The summed E-state index contributed by atoms with van der Waals surface area (Å²) in [5.41, 5.74) is 0. The van der Waals surface area contributed by atoms with E-state index in [4.69, 9.17) is 14.2 Å². The molecular weight excluding hydrogens is 1020 g/mol. The highest BCUT2D eigenvalue weighted by atomic mass is 16.6. The quantitative estimate of drug-likeness (QED) is 0.0261. The molecule has 6 nitrogen and oxygen atoms in total. The molecule has 0 aliphatic rings. The molecule has 0 aliphatic heterocycles. The van der Waals surface area contributed by atoms with Crippen LogP contribution in [-0.2, 0) is 28.6 Å². The van der Waals surface area contributed by atoms with Crippen LogP contribution in [0.15, 0.2) is 85.1 Å². The maximum absolute atomic E-state index is 12.8. The standard InChI is InChI=1S/C77H136O6/c1-4-7-10-13-16-19-22-25-28-29-30-31-32-33-34-35-36-37-38-39-40-41-42-43-44-45-46-47-50-52-55-58-61-64-67-70-76(79)82-73-74(83-77(80)71-68-65-62-59-56-53-49-27-24-21-18-15-12-9-6-3)72-81-75(78)69-66-63-60-57-54-51-48-26-23-20-17-14-11-8-5-2/h9,12,18,21,26-27,29-30,48-49,56,59,65,68,74H,4-8,10-11,13-17,19-20,22-25,28,31-47,50-55,57-58,60-64,66-67,69-73H2,1-3H3/b12-9-,21-18-,30-29-,48-26-,49-27-,59-56-,68-65-. The van der Waals surface area contributed by atoms with Crippen LogP contribution in [0.1, 0.15) is 367 Å². The Bertz CT molecular complexity index is 1570. The van der Waals surface area contributed by atoms with Crippen molar-refractivity contribution in [3.05, 3.63) is 85.1 Å². The van der Waals surface area contributed by atoms with Crippen molar-refractivity contribution in [1.82, 2.24) is 0 Å². The third-order valence-corrected chi connectivity index (χ3v) is 15.9. The number of allylic oxidation sites excluding steroid dienone is 13. The zero-order chi connectivity index (χ0) is 59.9. The van der Waals surface area contributed by atoms with Crippen molar-refractivity contribution in [2.45, 2.75) is 374 Å². The molecule has 0 radical (unpaired) electrons. The second-order valence-corrected chi connectivity index (χ2v) is 24.1. The number of unbranched alkanes of at least 4 members (excludes halogenated alkanes) is 42. The molecule has 0 saturated heterocycles. The largest absolute Gasteiger partial charge is 0.462 e. The van der Waals surface area contributed by atoms with E-state index in [-0.39, 0.29) is 31.6 Å². The van der Waals surface area contributed by atoms with Crippen LogP contribution in [0, 0.1) is 0 Å². The smallest absolute Gasteiger partial charge is 0.310 e. The highest BCUT2D eigenvalue weighted by Crippen LogP contribution is 2.18. The van der Waals surface area contributed by atoms with Gasteiger partial charge in [-0.1, -0.05) is 337 Å². The van der Waals surface area contributed by atoms with Gasteiger partial charge in [-0.05, 0) is 96.3 Å². The van der Waals surface area contributed by atoms with Gasteiger partial charge in [-0.15, -0.1) is 0 Å². The molecule has 0 aliphatic carbocycles. The zero-order valence-corrected chi connectivity index (χ0v) is 55.2. The van der Waals surface area contributed by atoms with Crippen molar-refractivity contribution >= 4 is 17.9 Å². The maximum Gasteiger partial charge on any atom is 0.310 e. The third-order valence-electron chi connectivity index (χ3n) is 15.9. The predicted molar refractivity (Wildman–Crippen MR) is 362 cm³/mol. The van der Waals surface area contributed by atoms with E-state index in [1.165, 1.54) is 244 Å². The number of carbonyl (C=O) groups is 3. The molecule has 1 atom stereocenters. The van der Waals surface area contributed by atoms with Crippen LogP contribution in [0.5, 0.6) is 0 Å². The van der Waals surface area contributed by atoms with E-state index in [9.17, 15) is 14.4 Å². The molecule has 480 valence electrons. The van der Waals surface area contributed by atoms with Crippen LogP contribution >= 0.6 is 0 Å². The Kier molecular flexibility index (Phi) is 68.2. The van der Waals surface area contributed by atoms with E-state index >= 15 is 0 Å². The topological polar surface area (TPSA) is 78.9 Å². The molecular formula is C77H136O6. The summed E-state index contributed by atoms with van der Waals surface area (Å²) in [6.45, 7) is 6.47. The molecule has 0 bridgehead atoms. The Morgan fingerprint density at radius 2 is 0.506 bits per heavy atom. The number of hydrogen-bond donors (Lipinski definition) is 0. The van der Waals surface area contributed by atoms with E-state index in [1.54, 1.807) is 6.08 Å². The van der Waals surface area contributed by atoms with Gasteiger partial charge in [-0.25, -0.2) is 0 Å². The normalized spacial score (nSPS) is 12.6. The Labute approximate surface area is 515 Å². The van der Waals surface area contributed by atoms with Crippen LogP contribution in [-0.4, -0.2) is 37.2 Å². The van der Waals surface area contributed by atoms with Gasteiger partial charge in [0, 0.05) is 12.8 Å². The summed E-state index contributed by atoms with van der Waals surface area (Å²) in [7, 11) is 0. The first-order valence-corrected chi connectivity index (χ1v) is 36.1. The van der Waals surface area contributed by atoms with Crippen LogP contribution in [0.3, 0.4) is 0 Å². The SMILES string of the molecule is CC/C=C\C/C=C\C/C=C\C/C=C\C/C=C\CC(=O)OC(COC(=O)CCCCCCC/C=C\CCCCCCCC)COC(=O)CCCCCCCCCCCCCCCCCCCCCCCCC/C=C\CCCCCCCCCC. The summed E-state index contributed by atoms with van der Waals surface area (Å²) >= 11 is 0. The van der Waals surface area contributed by atoms with Gasteiger partial charge in [0.2, 0.25) is 0 Å². The van der Waals surface area contributed by atoms with Gasteiger partial charge in [0.15, 0.2) is 6.10 Å². The number of rotatable bonds is 66. The summed E-state index contributed by atoms with van der Waals surface area (Å²) in [5.74, 6) is -1.04. The van der Waals surface area contributed by atoms with Crippen LogP contribution < -0.4 is 0 Å². The van der Waals surface area contributed by atoms with Gasteiger partial charge in [-0.2, -0.15) is 0 Å². The molecule has 0 aromatic heterocycles. The van der Waals surface area contributed by atoms with E-state index in [2.05, 4.69) is 93.7 Å². The van der Waals surface area contributed by atoms with Crippen molar-refractivity contribution in [3.8, 4) is 0 Å². The number of carbonyl (C=O) groups excluding carboxylic acids is 3. The molecule has 0 aromatic rings. The summed E-state index contributed by atoms with van der Waals surface area (Å²) in [6.07, 6.45) is 95.3. The molecule has 0 amide bonds. The molecule has 1 unspecified atom stereocenters. The average Bonchev–Trinajstić information content (AvgIpc) is 3.50. The summed E-state index contributed by atoms with van der Waals surface area (Å²) in [6, 6.07) is 0. The maximum atomic E-state index is 12.8. The summed E-state index contributed by atoms with van der Waals surface area (Å²) < 4.78 is 16.8. The molecule has 0 aromatic carbocycles. The Morgan fingerprint density at radius 3 is 0.783 bits per heavy atom. The van der Waals surface area contributed by atoms with Crippen molar-refractivity contribution in [2.75, 3.05) is 13.2 Å². The molecule has 6 heteroatoms. The molecule has 0 N–H and O–H groups in total. The van der Waals surface area contributed by atoms with Crippen molar-refractivity contribution in [3.63, 3.8) is 0 Å². The second kappa shape index (κ2) is 71.1. The summed E-state index contributed by atoms with van der Waals surface area (Å²) in [4.78, 5) is 38.3. The van der Waals surface area contributed by atoms with E-state index in [1.807, 2.05) is 6.08 Å². The second-order valence-electron chi connectivity index (χ2n) is 24.1. The van der Waals surface area contributed by atoms with Crippen LogP contribution in [0.25, 0.3) is 0 Å². The molecule has 0 heterocycles. The molecule has 0 saturated carbocycles.